The molecule has 0 heterocycles. The quantitative estimate of drug-likeness (QED) is 0.901. The Morgan fingerprint density at radius 1 is 1.19 bits per heavy atom. The second kappa shape index (κ2) is 5.26. The van der Waals surface area contributed by atoms with Crippen molar-refractivity contribution in [3.8, 4) is 5.75 Å². The van der Waals surface area contributed by atoms with Gasteiger partial charge in [0.05, 0.1) is 6.61 Å². The zero-order valence-corrected chi connectivity index (χ0v) is 11.2. The van der Waals surface area contributed by atoms with Gasteiger partial charge in [0, 0.05) is 10.0 Å². The van der Waals surface area contributed by atoms with Crippen LogP contribution in [-0.4, -0.2) is 18.3 Å². The van der Waals surface area contributed by atoms with E-state index in [1.807, 2.05) is 20.8 Å². The van der Waals surface area contributed by atoms with Crippen molar-refractivity contribution in [1.29, 1.82) is 0 Å². The van der Waals surface area contributed by atoms with E-state index in [4.69, 9.17) is 33.0 Å². The van der Waals surface area contributed by atoms with Crippen LogP contribution in [0.5, 0.6) is 5.75 Å². The average molecular weight is 263 g/mol. The number of ether oxygens (including phenoxy) is 1. The SMILES string of the molecule is CC(C)(C)c1c(Cl)cc(OCCO)cc1Cl. The summed E-state index contributed by atoms with van der Waals surface area (Å²) in [6.07, 6.45) is 0. The van der Waals surface area contributed by atoms with E-state index in [9.17, 15) is 0 Å². The predicted molar refractivity (Wildman–Crippen MR) is 67.7 cm³/mol. The molecule has 0 bridgehead atoms. The minimum absolute atomic E-state index is 0.0315. The molecule has 0 aliphatic carbocycles. The maximum absolute atomic E-state index is 8.66. The molecule has 1 rings (SSSR count). The van der Waals surface area contributed by atoms with E-state index in [-0.39, 0.29) is 18.6 Å². The van der Waals surface area contributed by atoms with Crippen LogP contribution >= 0.6 is 23.2 Å². The smallest absolute Gasteiger partial charge is 0.122 e. The molecule has 0 radical (unpaired) electrons. The molecule has 1 aromatic carbocycles. The molecule has 0 unspecified atom stereocenters. The van der Waals surface area contributed by atoms with Crippen molar-refractivity contribution >= 4 is 23.2 Å². The van der Waals surface area contributed by atoms with Crippen molar-refractivity contribution in [2.75, 3.05) is 13.2 Å². The van der Waals surface area contributed by atoms with Gasteiger partial charge in [0.15, 0.2) is 0 Å². The highest BCUT2D eigenvalue weighted by molar-refractivity contribution is 6.36. The highest BCUT2D eigenvalue weighted by Crippen LogP contribution is 2.38. The molecule has 1 aromatic rings. The molecule has 0 aliphatic rings. The first-order valence-corrected chi connectivity index (χ1v) is 5.85. The van der Waals surface area contributed by atoms with E-state index in [0.717, 1.165) is 5.56 Å². The summed E-state index contributed by atoms with van der Waals surface area (Å²) >= 11 is 12.3. The predicted octanol–water partition coefficient (Wildman–Crippen LogP) is 3.66. The Kier molecular flexibility index (Phi) is 4.48. The lowest BCUT2D eigenvalue weighted by molar-refractivity contribution is 0.201. The first-order valence-electron chi connectivity index (χ1n) is 5.09. The molecule has 4 heteroatoms. The van der Waals surface area contributed by atoms with Crippen LogP contribution in [0, 0.1) is 0 Å². The Hall–Kier alpha value is -0.440. The molecule has 0 aliphatic heterocycles. The van der Waals surface area contributed by atoms with E-state index in [0.29, 0.717) is 15.8 Å². The maximum atomic E-state index is 8.66. The van der Waals surface area contributed by atoms with E-state index >= 15 is 0 Å². The zero-order valence-electron chi connectivity index (χ0n) is 9.68. The van der Waals surface area contributed by atoms with Gasteiger partial charge in [-0.15, -0.1) is 0 Å². The van der Waals surface area contributed by atoms with Crippen molar-refractivity contribution in [3.63, 3.8) is 0 Å². The number of benzene rings is 1. The second-order valence-corrected chi connectivity index (χ2v) is 5.40. The number of aliphatic hydroxyl groups excluding tert-OH is 1. The summed E-state index contributed by atoms with van der Waals surface area (Å²) < 4.78 is 5.27. The summed E-state index contributed by atoms with van der Waals surface area (Å²) in [5.74, 6) is 0.581. The van der Waals surface area contributed by atoms with Crippen molar-refractivity contribution in [2.45, 2.75) is 26.2 Å². The highest BCUT2D eigenvalue weighted by Gasteiger charge is 2.21. The van der Waals surface area contributed by atoms with Crippen molar-refractivity contribution < 1.29 is 9.84 Å². The van der Waals surface area contributed by atoms with Gasteiger partial charge in [0.2, 0.25) is 0 Å². The molecular weight excluding hydrogens is 247 g/mol. The summed E-state index contributed by atoms with van der Waals surface area (Å²) in [5, 5.41) is 9.84. The fraction of sp³-hybridized carbons (Fsp3) is 0.500. The van der Waals surface area contributed by atoms with Gasteiger partial charge < -0.3 is 9.84 Å². The first-order chi connectivity index (χ1) is 7.36. The number of aliphatic hydroxyl groups is 1. The number of halogens is 2. The molecule has 16 heavy (non-hydrogen) atoms. The number of rotatable bonds is 3. The van der Waals surface area contributed by atoms with Crippen LogP contribution in [0.1, 0.15) is 26.3 Å². The Balaban J connectivity index is 3.08. The van der Waals surface area contributed by atoms with Gasteiger partial charge in [0.25, 0.3) is 0 Å². The third-order valence-corrected chi connectivity index (χ3v) is 2.72. The topological polar surface area (TPSA) is 29.5 Å². The first kappa shape index (κ1) is 13.6. The summed E-state index contributed by atoms with van der Waals surface area (Å²) in [4.78, 5) is 0. The molecule has 0 atom stereocenters. The highest BCUT2D eigenvalue weighted by atomic mass is 35.5. The van der Waals surface area contributed by atoms with Crippen LogP contribution in [0.25, 0.3) is 0 Å². The van der Waals surface area contributed by atoms with Gasteiger partial charge >= 0.3 is 0 Å². The van der Waals surface area contributed by atoms with Crippen LogP contribution in [0.2, 0.25) is 10.0 Å². The number of hydrogen-bond acceptors (Lipinski definition) is 2. The van der Waals surface area contributed by atoms with Crippen LogP contribution in [-0.2, 0) is 5.41 Å². The van der Waals surface area contributed by atoms with Gasteiger partial charge in [-0.1, -0.05) is 44.0 Å². The normalized spacial score (nSPS) is 11.6. The van der Waals surface area contributed by atoms with E-state index in [1.54, 1.807) is 12.1 Å². The van der Waals surface area contributed by atoms with Gasteiger partial charge in [-0.25, -0.2) is 0 Å². The minimum atomic E-state index is -0.107. The molecule has 0 amide bonds. The molecule has 0 saturated heterocycles. The summed E-state index contributed by atoms with van der Waals surface area (Å²) in [7, 11) is 0. The lowest BCUT2D eigenvalue weighted by Gasteiger charge is -2.22. The van der Waals surface area contributed by atoms with Crippen LogP contribution in [0.3, 0.4) is 0 Å². The number of hydrogen-bond donors (Lipinski definition) is 1. The standard InChI is InChI=1S/C12H16Cl2O2/c1-12(2,3)11-9(13)6-8(7-10(11)14)16-5-4-15/h6-7,15H,4-5H2,1-3H3. The third-order valence-electron chi connectivity index (χ3n) is 2.13. The van der Waals surface area contributed by atoms with Crippen LogP contribution in [0.15, 0.2) is 12.1 Å². The van der Waals surface area contributed by atoms with E-state index in [1.165, 1.54) is 0 Å². The van der Waals surface area contributed by atoms with Crippen LogP contribution < -0.4 is 4.74 Å². The Morgan fingerprint density at radius 2 is 1.69 bits per heavy atom. The summed E-state index contributed by atoms with van der Waals surface area (Å²) in [6.45, 7) is 6.36. The fourth-order valence-corrected chi connectivity index (χ4v) is 2.55. The Bertz CT molecular complexity index is 347. The molecule has 2 nitrogen and oxygen atoms in total. The molecule has 1 N–H and O–H groups in total. The van der Waals surface area contributed by atoms with Crippen molar-refractivity contribution in [2.24, 2.45) is 0 Å². The van der Waals surface area contributed by atoms with E-state index in [2.05, 4.69) is 0 Å². The summed E-state index contributed by atoms with van der Waals surface area (Å²) in [6, 6.07) is 3.45. The molecule has 0 saturated carbocycles. The minimum Gasteiger partial charge on any atom is -0.491 e. The van der Waals surface area contributed by atoms with E-state index < -0.39 is 0 Å². The molecule has 0 fully saturated rings. The fourth-order valence-electron chi connectivity index (χ4n) is 1.51. The lowest BCUT2D eigenvalue weighted by Crippen LogP contribution is -2.13. The maximum Gasteiger partial charge on any atom is 0.122 e. The largest absolute Gasteiger partial charge is 0.491 e. The molecule has 90 valence electrons. The Labute approximate surface area is 106 Å². The monoisotopic (exact) mass is 262 g/mol. The zero-order chi connectivity index (χ0) is 12.3. The van der Waals surface area contributed by atoms with Crippen LogP contribution in [0.4, 0.5) is 0 Å². The molecule has 0 spiro atoms. The Morgan fingerprint density at radius 3 is 2.06 bits per heavy atom. The summed E-state index contributed by atoms with van der Waals surface area (Å²) in [5.41, 5.74) is 0.802. The van der Waals surface area contributed by atoms with Gasteiger partial charge in [-0.2, -0.15) is 0 Å². The molecule has 0 aromatic heterocycles. The second-order valence-electron chi connectivity index (χ2n) is 4.58. The average Bonchev–Trinajstić information content (AvgIpc) is 2.11. The van der Waals surface area contributed by atoms with Gasteiger partial charge in [-0.05, 0) is 23.1 Å². The van der Waals surface area contributed by atoms with Crippen molar-refractivity contribution in [3.05, 3.63) is 27.7 Å². The molecular formula is C12H16Cl2O2. The third kappa shape index (κ3) is 3.27. The van der Waals surface area contributed by atoms with Gasteiger partial charge in [-0.3, -0.25) is 0 Å². The lowest BCUT2D eigenvalue weighted by atomic mass is 9.87. The van der Waals surface area contributed by atoms with Gasteiger partial charge in [0.1, 0.15) is 12.4 Å². The van der Waals surface area contributed by atoms with Crippen molar-refractivity contribution in [1.82, 2.24) is 0 Å².